The van der Waals surface area contributed by atoms with Crippen LogP contribution in [0.5, 0.6) is 0 Å². The molecule has 2 aromatic rings. The first-order valence-electron chi connectivity index (χ1n) is 4.71. The van der Waals surface area contributed by atoms with Crippen LogP contribution in [0.3, 0.4) is 0 Å². The Hall–Kier alpha value is -1.31. The second kappa shape index (κ2) is 4.69. The lowest BCUT2D eigenvalue weighted by Crippen LogP contribution is -1.84. The normalized spacial score (nSPS) is 10.1. The highest BCUT2D eigenvalue weighted by molar-refractivity contribution is 6.34. The van der Waals surface area contributed by atoms with Gasteiger partial charge in [0.1, 0.15) is 6.29 Å². The van der Waals surface area contributed by atoms with E-state index in [1.54, 1.807) is 24.3 Å². The molecule has 0 saturated heterocycles. The van der Waals surface area contributed by atoms with E-state index < -0.39 is 0 Å². The number of carbonyl (C=O) groups excluding carboxylic acids is 1. The molecule has 0 spiro atoms. The van der Waals surface area contributed by atoms with Crippen molar-refractivity contribution in [2.75, 3.05) is 0 Å². The van der Waals surface area contributed by atoms with Crippen molar-refractivity contribution in [2.45, 2.75) is 0 Å². The van der Waals surface area contributed by atoms with Crippen molar-refractivity contribution in [1.29, 1.82) is 0 Å². The third kappa shape index (κ3) is 2.26. The average molecular weight is 251 g/mol. The summed E-state index contributed by atoms with van der Waals surface area (Å²) in [6.45, 7) is 0. The van der Waals surface area contributed by atoms with Gasteiger partial charge in [0, 0.05) is 21.2 Å². The second-order valence-electron chi connectivity index (χ2n) is 3.37. The Kier molecular flexibility index (Phi) is 3.28. The Morgan fingerprint density at radius 3 is 2.50 bits per heavy atom. The fourth-order valence-corrected chi connectivity index (χ4v) is 1.91. The number of benzene rings is 2. The van der Waals surface area contributed by atoms with Crippen LogP contribution in [0.4, 0.5) is 0 Å². The maximum atomic E-state index is 10.7. The number of hydrogen-bond donors (Lipinski definition) is 0. The quantitative estimate of drug-likeness (QED) is 0.719. The number of rotatable bonds is 2. The Labute approximate surface area is 104 Å². The number of hydrogen-bond acceptors (Lipinski definition) is 1. The van der Waals surface area contributed by atoms with Gasteiger partial charge >= 0.3 is 0 Å². The van der Waals surface area contributed by atoms with Crippen LogP contribution < -0.4 is 0 Å². The summed E-state index contributed by atoms with van der Waals surface area (Å²) in [5, 5.41) is 1.25. The number of aldehydes is 1. The van der Waals surface area contributed by atoms with Crippen molar-refractivity contribution < 1.29 is 4.79 Å². The third-order valence-corrected chi connectivity index (χ3v) is 2.83. The lowest BCUT2D eigenvalue weighted by atomic mass is 10.0. The first kappa shape index (κ1) is 11.2. The van der Waals surface area contributed by atoms with Gasteiger partial charge in [0.15, 0.2) is 0 Å². The Bertz CT molecular complexity index is 535. The van der Waals surface area contributed by atoms with Crippen molar-refractivity contribution in [3.8, 4) is 11.1 Å². The van der Waals surface area contributed by atoms with Gasteiger partial charge in [0.25, 0.3) is 0 Å². The van der Waals surface area contributed by atoms with Gasteiger partial charge in [-0.2, -0.15) is 0 Å². The van der Waals surface area contributed by atoms with Crippen molar-refractivity contribution >= 4 is 29.5 Å². The molecular weight excluding hydrogens is 243 g/mol. The summed E-state index contributed by atoms with van der Waals surface area (Å²) >= 11 is 12.0. The Balaban J connectivity index is 2.58. The molecule has 0 bridgehead atoms. The van der Waals surface area contributed by atoms with Gasteiger partial charge < -0.3 is 0 Å². The first-order chi connectivity index (χ1) is 7.70. The first-order valence-corrected chi connectivity index (χ1v) is 5.47. The van der Waals surface area contributed by atoms with E-state index in [4.69, 9.17) is 23.2 Å². The molecule has 80 valence electrons. The molecular formula is C13H8Cl2O. The molecule has 3 heteroatoms. The molecule has 0 amide bonds. The van der Waals surface area contributed by atoms with E-state index in [1.165, 1.54) is 0 Å². The van der Waals surface area contributed by atoms with Crippen LogP contribution in [-0.4, -0.2) is 6.29 Å². The van der Waals surface area contributed by atoms with E-state index in [2.05, 4.69) is 0 Å². The summed E-state index contributed by atoms with van der Waals surface area (Å²) in [7, 11) is 0. The molecule has 2 rings (SSSR count). The maximum Gasteiger partial charge on any atom is 0.150 e. The van der Waals surface area contributed by atoms with Gasteiger partial charge in [-0.05, 0) is 29.8 Å². The molecule has 0 aliphatic heterocycles. The van der Waals surface area contributed by atoms with Crippen molar-refractivity contribution in [3.63, 3.8) is 0 Å². The van der Waals surface area contributed by atoms with E-state index >= 15 is 0 Å². The van der Waals surface area contributed by atoms with Gasteiger partial charge in [0.2, 0.25) is 0 Å². The highest BCUT2D eigenvalue weighted by Gasteiger charge is 2.05. The van der Waals surface area contributed by atoms with E-state index in [0.29, 0.717) is 15.6 Å². The molecule has 1 nitrogen and oxygen atoms in total. The van der Waals surface area contributed by atoms with Crippen molar-refractivity contribution in [2.24, 2.45) is 0 Å². The summed E-state index contributed by atoms with van der Waals surface area (Å²) in [6, 6.07) is 12.5. The summed E-state index contributed by atoms with van der Waals surface area (Å²) in [4.78, 5) is 10.7. The fourth-order valence-electron chi connectivity index (χ4n) is 1.49. The lowest BCUT2D eigenvalue weighted by molar-refractivity contribution is 0.112. The van der Waals surface area contributed by atoms with Crippen molar-refractivity contribution in [1.82, 2.24) is 0 Å². The zero-order valence-corrected chi connectivity index (χ0v) is 9.79. The van der Waals surface area contributed by atoms with Gasteiger partial charge in [-0.3, -0.25) is 4.79 Å². The summed E-state index contributed by atoms with van der Waals surface area (Å²) in [6.07, 6.45) is 0.796. The minimum atomic E-state index is 0.597. The van der Waals surface area contributed by atoms with E-state index in [-0.39, 0.29) is 0 Å². The molecule has 0 saturated carbocycles. The van der Waals surface area contributed by atoms with E-state index in [0.717, 1.165) is 17.4 Å². The monoisotopic (exact) mass is 250 g/mol. The largest absolute Gasteiger partial charge is 0.298 e. The van der Waals surface area contributed by atoms with Crippen LogP contribution >= 0.6 is 23.2 Å². The predicted molar refractivity (Wildman–Crippen MR) is 67.3 cm³/mol. The topological polar surface area (TPSA) is 17.1 Å². The van der Waals surface area contributed by atoms with Crippen LogP contribution in [0, 0.1) is 0 Å². The van der Waals surface area contributed by atoms with Crippen LogP contribution in [0.1, 0.15) is 10.4 Å². The molecule has 0 aliphatic rings. The fraction of sp³-hybridized carbons (Fsp3) is 0. The number of halogens is 2. The summed E-state index contributed by atoms with van der Waals surface area (Å²) in [5.41, 5.74) is 2.31. The highest BCUT2D eigenvalue weighted by atomic mass is 35.5. The maximum absolute atomic E-state index is 10.7. The zero-order chi connectivity index (χ0) is 11.5. The highest BCUT2D eigenvalue weighted by Crippen LogP contribution is 2.30. The Morgan fingerprint density at radius 2 is 1.81 bits per heavy atom. The zero-order valence-electron chi connectivity index (χ0n) is 8.28. The van der Waals surface area contributed by atoms with Crippen LogP contribution in [0.25, 0.3) is 11.1 Å². The molecule has 0 aliphatic carbocycles. The molecule has 0 aromatic heterocycles. The molecule has 2 aromatic carbocycles. The minimum Gasteiger partial charge on any atom is -0.298 e. The molecule has 0 fully saturated rings. The van der Waals surface area contributed by atoms with Crippen LogP contribution in [0.2, 0.25) is 10.0 Å². The number of carbonyl (C=O) groups is 1. The summed E-state index contributed by atoms with van der Waals surface area (Å²) in [5.74, 6) is 0. The molecule has 0 atom stereocenters. The standard InChI is InChI=1S/C13H8Cl2O/c14-11-3-1-2-10(7-11)12-6-9(8-16)4-5-13(12)15/h1-8H. The second-order valence-corrected chi connectivity index (χ2v) is 4.21. The van der Waals surface area contributed by atoms with Gasteiger partial charge in [0.05, 0.1) is 0 Å². The van der Waals surface area contributed by atoms with Gasteiger partial charge in [-0.1, -0.05) is 41.4 Å². The van der Waals surface area contributed by atoms with E-state index in [9.17, 15) is 4.79 Å². The molecule has 0 N–H and O–H groups in total. The summed E-state index contributed by atoms with van der Waals surface area (Å²) < 4.78 is 0. The minimum absolute atomic E-state index is 0.597. The van der Waals surface area contributed by atoms with E-state index in [1.807, 2.05) is 18.2 Å². The third-order valence-electron chi connectivity index (χ3n) is 2.26. The van der Waals surface area contributed by atoms with Crippen molar-refractivity contribution in [3.05, 3.63) is 58.1 Å². The smallest absolute Gasteiger partial charge is 0.150 e. The molecule has 0 unspecified atom stereocenters. The average Bonchev–Trinajstić information content (AvgIpc) is 2.30. The molecule has 0 heterocycles. The predicted octanol–water partition coefficient (Wildman–Crippen LogP) is 4.47. The SMILES string of the molecule is O=Cc1ccc(Cl)c(-c2cccc(Cl)c2)c1. The van der Waals surface area contributed by atoms with Gasteiger partial charge in [-0.25, -0.2) is 0 Å². The molecule has 16 heavy (non-hydrogen) atoms. The Morgan fingerprint density at radius 1 is 1.00 bits per heavy atom. The van der Waals surface area contributed by atoms with Crippen LogP contribution in [0.15, 0.2) is 42.5 Å². The molecule has 0 radical (unpaired) electrons. The van der Waals surface area contributed by atoms with Gasteiger partial charge in [-0.15, -0.1) is 0 Å². The lowest BCUT2D eigenvalue weighted by Gasteiger charge is -2.05. The van der Waals surface area contributed by atoms with Crippen LogP contribution in [-0.2, 0) is 0 Å².